The fraction of sp³-hybridized carbons (Fsp3) is 0.409. The summed E-state index contributed by atoms with van der Waals surface area (Å²) in [4.78, 5) is 12.1. The first-order valence-electron chi connectivity index (χ1n) is 9.57. The maximum absolute atomic E-state index is 14.3. The van der Waals surface area contributed by atoms with Gasteiger partial charge >= 0.3 is 0 Å². The summed E-state index contributed by atoms with van der Waals surface area (Å²) in [6.45, 7) is 0.693. The van der Waals surface area contributed by atoms with E-state index in [-0.39, 0.29) is 31.2 Å². The van der Waals surface area contributed by atoms with Crippen molar-refractivity contribution in [1.29, 1.82) is 0 Å². The number of benzene rings is 2. The van der Waals surface area contributed by atoms with Crippen LogP contribution in [0.2, 0.25) is 0 Å². The Morgan fingerprint density at radius 1 is 0.964 bits per heavy atom. The van der Waals surface area contributed by atoms with Gasteiger partial charge in [0.25, 0.3) is 0 Å². The van der Waals surface area contributed by atoms with E-state index in [1.54, 1.807) is 0 Å². The first kappa shape index (κ1) is 20.3. The molecule has 0 radical (unpaired) electrons. The summed E-state index contributed by atoms with van der Waals surface area (Å²) in [7, 11) is 0. The van der Waals surface area contributed by atoms with Crippen molar-refractivity contribution in [3.8, 4) is 5.75 Å². The molecule has 2 aromatic rings. The largest absolute Gasteiger partial charge is 0.491 e. The summed E-state index contributed by atoms with van der Waals surface area (Å²) in [6, 6.07) is 13.2. The van der Waals surface area contributed by atoms with Crippen LogP contribution in [0.4, 0.5) is 8.78 Å². The zero-order valence-electron chi connectivity index (χ0n) is 15.8. The lowest BCUT2D eigenvalue weighted by molar-refractivity contribution is -0.126. The van der Waals surface area contributed by atoms with Gasteiger partial charge in [-0.2, -0.15) is 0 Å². The Morgan fingerprint density at radius 2 is 1.64 bits per heavy atom. The highest BCUT2D eigenvalue weighted by Crippen LogP contribution is 2.42. The van der Waals surface area contributed by atoms with Crippen LogP contribution >= 0.6 is 0 Å². The maximum Gasteiger partial charge on any atom is 0.246 e. The van der Waals surface area contributed by atoms with Gasteiger partial charge in [0.2, 0.25) is 5.91 Å². The first-order chi connectivity index (χ1) is 13.6. The molecule has 150 valence electrons. The number of hydrogen-bond donors (Lipinski definition) is 1. The molecule has 1 fully saturated rings. The van der Waals surface area contributed by atoms with Gasteiger partial charge in [0, 0.05) is 17.5 Å². The summed E-state index contributed by atoms with van der Waals surface area (Å²) in [5.74, 6) is -0.663. The number of ether oxygens (including phenoxy) is 2. The van der Waals surface area contributed by atoms with Gasteiger partial charge in [-0.25, -0.2) is 8.78 Å². The lowest BCUT2D eigenvalue weighted by atomic mass is 9.78. The molecule has 0 saturated heterocycles. The van der Waals surface area contributed by atoms with Crippen molar-refractivity contribution in [2.24, 2.45) is 0 Å². The van der Waals surface area contributed by atoms with E-state index in [4.69, 9.17) is 9.47 Å². The average molecular weight is 389 g/mol. The SMILES string of the molecule is O=C(COCCOc1ccccc1)NCC1(c2c(F)cccc2F)CCCC1. The summed E-state index contributed by atoms with van der Waals surface area (Å²) in [5.41, 5.74) is -0.605. The Morgan fingerprint density at radius 3 is 2.32 bits per heavy atom. The highest BCUT2D eigenvalue weighted by molar-refractivity contribution is 5.77. The number of para-hydroxylation sites is 1. The molecule has 3 rings (SSSR count). The van der Waals surface area contributed by atoms with Crippen LogP contribution in [-0.4, -0.2) is 32.3 Å². The van der Waals surface area contributed by atoms with Gasteiger partial charge in [-0.05, 0) is 37.1 Å². The van der Waals surface area contributed by atoms with Crippen molar-refractivity contribution in [3.05, 3.63) is 65.7 Å². The predicted octanol–water partition coefficient (Wildman–Crippen LogP) is 3.99. The van der Waals surface area contributed by atoms with E-state index in [1.165, 1.54) is 18.2 Å². The molecule has 0 heterocycles. The van der Waals surface area contributed by atoms with Crippen LogP contribution in [-0.2, 0) is 14.9 Å². The van der Waals surface area contributed by atoms with E-state index in [1.807, 2.05) is 30.3 Å². The number of amides is 1. The van der Waals surface area contributed by atoms with E-state index < -0.39 is 17.0 Å². The molecule has 1 aliphatic carbocycles. The second-order valence-electron chi connectivity index (χ2n) is 7.07. The number of carbonyl (C=O) groups excluding carboxylic acids is 1. The lowest BCUT2D eigenvalue weighted by Gasteiger charge is -2.30. The van der Waals surface area contributed by atoms with E-state index in [2.05, 4.69) is 5.32 Å². The number of carbonyl (C=O) groups is 1. The zero-order valence-corrected chi connectivity index (χ0v) is 15.8. The van der Waals surface area contributed by atoms with Crippen LogP contribution in [0.3, 0.4) is 0 Å². The minimum atomic E-state index is -0.693. The molecule has 0 aliphatic heterocycles. The highest BCUT2D eigenvalue weighted by atomic mass is 19.1. The van der Waals surface area contributed by atoms with Crippen LogP contribution in [0.5, 0.6) is 5.75 Å². The van der Waals surface area contributed by atoms with Crippen molar-refractivity contribution in [3.63, 3.8) is 0 Å². The van der Waals surface area contributed by atoms with Gasteiger partial charge in [0.15, 0.2) is 0 Å². The molecule has 6 heteroatoms. The molecule has 28 heavy (non-hydrogen) atoms. The smallest absolute Gasteiger partial charge is 0.246 e. The molecule has 2 aromatic carbocycles. The molecule has 0 unspecified atom stereocenters. The Bertz CT molecular complexity index is 756. The molecule has 1 N–H and O–H groups in total. The summed E-state index contributed by atoms with van der Waals surface area (Å²) in [5, 5.41) is 2.79. The summed E-state index contributed by atoms with van der Waals surface area (Å²) >= 11 is 0. The van der Waals surface area contributed by atoms with Gasteiger partial charge in [0.05, 0.1) is 6.61 Å². The Kier molecular flexibility index (Phi) is 6.98. The lowest BCUT2D eigenvalue weighted by Crippen LogP contribution is -2.41. The number of nitrogens with one attached hydrogen (secondary N) is 1. The minimum Gasteiger partial charge on any atom is -0.491 e. The van der Waals surface area contributed by atoms with E-state index in [9.17, 15) is 13.6 Å². The number of halogens is 2. The quantitative estimate of drug-likeness (QED) is 0.660. The second-order valence-corrected chi connectivity index (χ2v) is 7.07. The third kappa shape index (κ3) is 5.07. The van der Waals surface area contributed by atoms with Crippen molar-refractivity contribution in [2.75, 3.05) is 26.4 Å². The fourth-order valence-corrected chi connectivity index (χ4v) is 3.79. The van der Waals surface area contributed by atoms with Crippen molar-refractivity contribution in [2.45, 2.75) is 31.1 Å². The van der Waals surface area contributed by atoms with Gasteiger partial charge in [-0.15, -0.1) is 0 Å². The zero-order chi connectivity index (χ0) is 19.8. The van der Waals surface area contributed by atoms with Gasteiger partial charge in [-0.1, -0.05) is 37.1 Å². The Balaban J connectivity index is 1.46. The van der Waals surface area contributed by atoms with Crippen LogP contribution < -0.4 is 10.1 Å². The fourth-order valence-electron chi connectivity index (χ4n) is 3.79. The van der Waals surface area contributed by atoms with Crippen molar-refractivity contribution in [1.82, 2.24) is 5.32 Å². The van der Waals surface area contributed by atoms with Crippen LogP contribution in [0.1, 0.15) is 31.2 Å². The van der Waals surface area contributed by atoms with E-state index in [0.717, 1.165) is 18.6 Å². The molecular formula is C22H25F2NO3. The molecule has 1 saturated carbocycles. The second kappa shape index (κ2) is 9.64. The van der Waals surface area contributed by atoms with Gasteiger partial charge in [0.1, 0.15) is 30.6 Å². The molecule has 0 spiro atoms. The first-order valence-corrected chi connectivity index (χ1v) is 9.57. The normalized spacial score (nSPS) is 15.4. The number of rotatable bonds is 9. The topological polar surface area (TPSA) is 47.6 Å². The monoisotopic (exact) mass is 389 g/mol. The van der Waals surface area contributed by atoms with Crippen LogP contribution in [0, 0.1) is 11.6 Å². The molecular weight excluding hydrogens is 364 g/mol. The highest BCUT2D eigenvalue weighted by Gasteiger charge is 2.40. The average Bonchev–Trinajstić information content (AvgIpc) is 3.16. The Hall–Kier alpha value is -2.47. The van der Waals surface area contributed by atoms with Crippen molar-refractivity contribution >= 4 is 5.91 Å². The molecule has 0 atom stereocenters. The summed E-state index contributed by atoms with van der Waals surface area (Å²) in [6.07, 6.45) is 3.07. The van der Waals surface area contributed by atoms with Crippen molar-refractivity contribution < 1.29 is 23.0 Å². The molecule has 0 bridgehead atoms. The predicted molar refractivity (Wildman–Crippen MR) is 102 cm³/mol. The third-order valence-corrected chi connectivity index (χ3v) is 5.15. The minimum absolute atomic E-state index is 0.0879. The van der Waals surface area contributed by atoms with Crippen LogP contribution in [0.25, 0.3) is 0 Å². The molecule has 1 aliphatic rings. The van der Waals surface area contributed by atoms with Crippen LogP contribution in [0.15, 0.2) is 48.5 Å². The van der Waals surface area contributed by atoms with Gasteiger partial charge < -0.3 is 14.8 Å². The molecule has 4 nitrogen and oxygen atoms in total. The maximum atomic E-state index is 14.3. The number of hydrogen-bond acceptors (Lipinski definition) is 3. The van der Waals surface area contributed by atoms with E-state index in [0.29, 0.717) is 19.4 Å². The van der Waals surface area contributed by atoms with E-state index >= 15 is 0 Å². The molecule has 0 aromatic heterocycles. The third-order valence-electron chi connectivity index (χ3n) is 5.15. The Labute approximate surface area is 163 Å². The standard InChI is InChI=1S/C22H25F2NO3/c23-18-9-6-10-19(24)21(18)22(11-4-5-12-22)16-25-20(26)15-27-13-14-28-17-7-2-1-3-8-17/h1-3,6-10H,4-5,11-16H2,(H,25,26). The molecule has 1 amide bonds. The van der Waals surface area contributed by atoms with Gasteiger partial charge in [-0.3, -0.25) is 4.79 Å². The summed E-state index contributed by atoms with van der Waals surface area (Å²) < 4.78 is 39.4.